The molecular weight excluding hydrogens is 208 g/mol. The lowest BCUT2D eigenvalue weighted by molar-refractivity contribution is 0.408. The Morgan fingerprint density at radius 3 is 2.73 bits per heavy atom. The second-order valence-electron chi connectivity index (χ2n) is 3.56. The average Bonchev–Trinajstić information content (AvgIpc) is 2.22. The molecule has 80 valence electrons. The molecule has 2 N–H and O–H groups in total. The highest BCUT2D eigenvalue weighted by Gasteiger charge is 2.09. The van der Waals surface area contributed by atoms with Crippen molar-refractivity contribution in [3.8, 4) is 5.75 Å². The van der Waals surface area contributed by atoms with Gasteiger partial charge in [-0.05, 0) is 30.5 Å². The molecule has 0 aliphatic carbocycles. The van der Waals surface area contributed by atoms with E-state index in [1.807, 2.05) is 6.07 Å². The van der Waals surface area contributed by atoms with Crippen LogP contribution in [0, 0.1) is 0 Å². The van der Waals surface area contributed by atoms with Crippen LogP contribution >= 0.6 is 11.6 Å². The maximum absolute atomic E-state index is 5.95. The first-order valence-electron chi connectivity index (χ1n) is 4.96. The Morgan fingerprint density at radius 1 is 1.53 bits per heavy atom. The standard InChI is InChI=1S/C11H15BClNO/c1-3-8(14)4-7-5-10(13)9(12)6-11(7)15-2/h5-6,8H,3-4,14H2,1-2H3. The summed E-state index contributed by atoms with van der Waals surface area (Å²) in [6.07, 6.45) is 1.67. The molecule has 1 aromatic carbocycles. The van der Waals surface area contributed by atoms with Gasteiger partial charge in [0.25, 0.3) is 0 Å². The molecule has 2 nitrogen and oxygen atoms in total. The highest BCUT2D eigenvalue weighted by Crippen LogP contribution is 2.22. The van der Waals surface area contributed by atoms with E-state index in [0.717, 1.165) is 24.2 Å². The maximum atomic E-state index is 5.95. The molecule has 0 amide bonds. The number of ether oxygens (including phenoxy) is 1. The predicted molar refractivity (Wildman–Crippen MR) is 65.4 cm³/mol. The van der Waals surface area contributed by atoms with Crippen LogP contribution < -0.4 is 15.9 Å². The molecule has 0 aromatic heterocycles. The average molecular weight is 224 g/mol. The summed E-state index contributed by atoms with van der Waals surface area (Å²) in [6, 6.07) is 3.68. The lowest BCUT2D eigenvalue weighted by Gasteiger charge is -2.14. The van der Waals surface area contributed by atoms with E-state index >= 15 is 0 Å². The zero-order valence-corrected chi connectivity index (χ0v) is 9.84. The molecule has 4 heteroatoms. The second kappa shape index (κ2) is 5.43. The summed E-state index contributed by atoms with van der Waals surface area (Å²) in [6.45, 7) is 2.05. The highest BCUT2D eigenvalue weighted by atomic mass is 35.5. The monoisotopic (exact) mass is 223 g/mol. The molecule has 1 unspecified atom stereocenters. The van der Waals surface area contributed by atoms with Crippen LogP contribution in [0.15, 0.2) is 12.1 Å². The van der Waals surface area contributed by atoms with Gasteiger partial charge >= 0.3 is 0 Å². The van der Waals surface area contributed by atoms with Crippen molar-refractivity contribution in [2.45, 2.75) is 25.8 Å². The van der Waals surface area contributed by atoms with Crippen LogP contribution in [0.3, 0.4) is 0 Å². The summed E-state index contributed by atoms with van der Waals surface area (Å²) in [4.78, 5) is 0. The first kappa shape index (κ1) is 12.4. The van der Waals surface area contributed by atoms with E-state index in [9.17, 15) is 0 Å². The van der Waals surface area contributed by atoms with Crippen LogP contribution in [-0.4, -0.2) is 21.0 Å². The fourth-order valence-corrected chi connectivity index (χ4v) is 1.57. The number of nitrogens with two attached hydrogens (primary N) is 1. The summed E-state index contributed by atoms with van der Waals surface area (Å²) in [5.74, 6) is 0.751. The fourth-order valence-electron chi connectivity index (χ4n) is 1.39. The zero-order chi connectivity index (χ0) is 11.4. The van der Waals surface area contributed by atoms with Crippen LogP contribution in [0.1, 0.15) is 18.9 Å². The number of hydrogen-bond donors (Lipinski definition) is 1. The van der Waals surface area contributed by atoms with Crippen molar-refractivity contribution in [1.29, 1.82) is 0 Å². The minimum absolute atomic E-state index is 0.124. The molecule has 0 heterocycles. The van der Waals surface area contributed by atoms with Crippen LogP contribution in [0.2, 0.25) is 5.02 Å². The summed E-state index contributed by atoms with van der Waals surface area (Å²) in [5, 5.41) is 0.550. The molecule has 0 aliphatic heterocycles. The van der Waals surface area contributed by atoms with E-state index in [0.29, 0.717) is 10.5 Å². The Hall–Kier alpha value is -0.665. The molecule has 0 saturated carbocycles. The number of methoxy groups -OCH3 is 1. The van der Waals surface area contributed by atoms with E-state index in [4.69, 9.17) is 29.9 Å². The Labute approximate surface area is 97.2 Å². The summed E-state index contributed by atoms with van der Waals surface area (Å²) < 4.78 is 5.23. The van der Waals surface area contributed by atoms with Gasteiger partial charge < -0.3 is 10.5 Å². The molecule has 1 rings (SSSR count). The summed E-state index contributed by atoms with van der Waals surface area (Å²) in [7, 11) is 7.30. The van der Waals surface area contributed by atoms with Crippen molar-refractivity contribution in [1.82, 2.24) is 0 Å². The lowest BCUT2D eigenvalue weighted by atomic mass is 9.92. The van der Waals surface area contributed by atoms with Crippen LogP contribution in [0.5, 0.6) is 5.75 Å². The minimum Gasteiger partial charge on any atom is -0.496 e. The zero-order valence-electron chi connectivity index (χ0n) is 9.09. The molecule has 0 fully saturated rings. The number of benzene rings is 1. The number of hydrogen-bond acceptors (Lipinski definition) is 2. The molecule has 1 aromatic rings. The largest absolute Gasteiger partial charge is 0.496 e. The maximum Gasteiger partial charge on any atom is 0.121 e. The molecule has 0 aliphatic rings. The van der Waals surface area contributed by atoms with Gasteiger partial charge in [0, 0.05) is 11.1 Å². The molecule has 15 heavy (non-hydrogen) atoms. The number of rotatable bonds is 4. The van der Waals surface area contributed by atoms with E-state index in [1.165, 1.54) is 0 Å². The first-order chi connectivity index (χ1) is 7.08. The first-order valence-corrected chi connectivity index (χ1v) is 5.33. The molecule has 0 saturated heterocycles. The van der Waals surface area contributed by atoms with Crippen molar-refractivity contribution in [2.24, 2.45) is 5.73 Å². The highest BCUT2D eigenvalue weighted by molar-refractivity contribution is 6.45. The molecule has 0 spiro atoms. The third-order valence-corrected chi connectivity index (χ3v) is 2.73. The Morgan fingerprint density at radius 2 is 2.20 bits per heavy atom. The summed E-state index contributed by atoms with van der Waals surface area (Å²) in [5.41, 5.74) is 7.42. The van der Waals surface area contributed by atoms with Crippen LogP contribution in [-0.2, 0) is 6.42 Å². The van der Waals surface area contributed by atoms with Crippen molar-refractivity contribution >= 4 is 24.9 Å². The van der Waals surface area contributed by atoms with Gasteiger partial charge in [-0.1, -0.05) is 24.0 Å². The summed E-state index contributed by atoms with van der Waals surface area (Å²) >= 11 is 5.95. The van der Waals surface area contributed by atoms with E-state index in [1.54, 1.807) is 13.2 Å². The predicted octanol–water partition coefficient (Wildman–Crippen LogP) is 1.42. The molecule has 2 radical (unpaired) electrons. The van der Waals surface area contributed by atoms with Gasteiger partial charge in [-0.25, -0.2) is 0 Å². The van der Waals surface area contributed by atoms with Crippen molar-refractivity contribution in [3.05, 3.63) is 22.7 Å². The van der Waals surface area contributed by atoms with Crippen molar-refractivity contribution in [2.75, 3.05) is 7.11 Å². The topological polar surface area (TPSA) is 35.2 Å². The quantitative estimate of drug-likeness (QED) is 0.784. The Bertz CT molecular complexity index is 344. The van der Waals surface area contributed by atoms with E-state index in [-0.39, 0.29) is 6.04 Å². The van der Waals surface area contributed by atoms with Crippen molar-refractivity contribution < 1.29 is 4.74 Å². The fraction of sp³-hybridized carbons (Fsp3) is 0.455. The minimum atomic E-state index is 0.124. The van der Waals surface area contributed by atoms with Gasteiger partial charge in [-0.15, -0.1) is 0 Å². The molecular formula is C11H15BClNO. The van der Waals surface area contributed by atoms with Crippen molar-refractivity contribution in [3.63, 3.8) is 0 Å². The Kier molecular flexibility index (Phi) is 4.49. The van der Waals surface area contributed by atoms with Crippen LogP contribution in [0.4, 0.5) is 0 Å². The van der Waals surface area contributed by atoms with E-state index < -0.39 is 0 Å². The van der Waals surface area contributed by atoms with Gasteiger partial charge in [-0.2, -0.15) is 0 Å². The molecule has 1 atom stereocenters. The van der Waals surface area contributed by atoms with Gasteiger partial charge in [0.1, 0.15) is 13.6 Å². The normalized spacial score (nSPS) is 12.5. The van der Waals surface area contributed by atoms with Gasteiger partial charge in [0.15, 0.2) is 0 Å². The van der Waals surface area contributed by atoms with Gasteiger partial charge in [-0.3, -0.25) is 0 Å². The molecule has 0 bridgehead atoms. The number of halogens is 1. The third kappa shape index (κ3) is 3.15. The van der Waals surface area contributed by atoms with Crippen LogP contribution in [0.25, 0.3) is 0 Å². The Balaban J connectivity index is 2.99. The van der Waals surface area contributed by atoms with Gasteiger partial charge in [0.2, 0.25) is 0 Å². The lowest BCUT2D eigenvalue weighted by Crippen LogP contribution is -2.22. The van der Waals surface area contributed by atoms with E-state index in [2.05, 4.69) is 6.92 Å². The second-order valence-corrected chi connectivity index (χ2v) is 3.97. The smallest absolute Gasteiger partial charge is 0.121 e. The third-order valence-electron chi connectivity index (χ3n) is 2.41. The van der Waals surface area contributed by atoms with Gasteiger partial charge in [0.05, 0.1) is 7.11 Å². The SMILES string of the molecule is [B]c1cc(OC)c(CC(N)CC)cc1Cl.